The van der Waals surface area contributed by atoms with E-state index in [1.54, 1.807) is 72.8 Å². The van der Waals surface area contributed by atoms with Gasteiger partial charge < -0.3 is 4.57 Å². The van der Waals surface area contributed by atoms with E-state index in [0.29, 0.717) is 45.5 Å². The molecule has 0 fully saturated rings. The van der Waals surface area contributed by atoms with E-state index in [0.717, 1.165) is 10.8 Å². The van der Waals surface area contributed by atoms with Crippen LogP contribution < -0.4 is 0 Å². The van der Waals surface area contributed by atoms with Crippen LogP contribution in [0.15, 0.2) is 140 Å². The first-order valence-corrected chi connectivity index (χ1v) is 16.2. The number of halogens is 6. The first-order chi connectivity index (χ1) is 25.5. The molecule has 0 saturated carbocycles. The van der Waals surface area contributed by atoms with Crippen molar-refractivity contribution in [2.24, 2.45) is 0 Å². The molecule has 0 aliphatic carbocycles. The highest BCUT2D eigenvalue weighted by Gasteiger charge is 2.37. The molecule has 0 radical (unpaired) electrons. The van der Waals surface area contributed by atoms with E-state index >= 15 is 0 Å². The predicted molar refractivity (Wildman–Crippen MR) is 191 cm³/mol. The summed E-state index contributed by atoms with van der Waals surface area (Å²) in [5.74, 6) is 0.561. The third kappa shape index (κ3) is 6.25. The van der Waals surface area contributed by atoms with E-state index in [9.17, 15) is 31.6 Å². The lowest BCUT2D eigenvalue weighted by Crippen LogP contribution is -2.11. The van der Waals surface area contributed by atoms with Gasteiger partial charge >= 0.3 is 12.4 Å². The van der Waals surface area contributed by atoms with Crippen LogP contribution in [0.2, 0.25) is 0 Å². The van der Waals surface area contributed by atoms with E-state index in [2.05, 4.69) is 11.1 Å². The van der Waals surface area contributed by atoms with E-state index in [1.165, 1.54) is 6.07 Å². The fourth-order valence-corrected chi connectivity index (χ4v) is 6.46. The Bertz CT molecular complexity index is 2620. The average molecular weight is 712 g/mol. The molecular formula is C42H23F6N5. The van der Waals surface area contributed by atoms with Crippen molar-refractivity contribution in [1.29, 1.82) is 5.26 Å². The molecule has 0 bridgehead atoms. The van der Waals surface area contributed by atoms with E-state index in [4.69, 9.17) is 9.97 Å². The number of fused-ring (bicyclic) bond motifs is 3. The molecule has 5 nitrogen and oxygen atoms in total. The SMILES string of the molecule is N#Cc1ccc2c3ccccc3n(-c3ccc(-c4nc(-c5ccccc5)nc(-c5ccccc5)n4)c(-c4cc(C(F)(F)F)cc(C(F)(F)F)c4)c3)c2c1. The van der Waals surface area contributed by atoms with Gasteiger partial charge in [-0.25, -0.2) is 15.0 Å². The summed E-state index contributed by atoms with van der Waals surface area (Å²) in [6, 6.07) is 39.1. The summed E-state index contributed by atoms with van der Waals surface area (Å²) in [4.78, 5) is 14.2. The van der Waals surface area contributed by atoms with Crippen LogP contribution in [-0.2, 0) is 12.4 Å². The number of para-hydroxylation sites is 1. The molecule has 2 heterocycles. The summed E-state index contributed by atoms with van der Waals surface area (Å²) in [6.07, 6.45) is -10.2. The Balaban J connectivity index is 1.46. The van der Waals surface area contributed by atoms with Crippen LogP contribution in [0.3, 0.4) is 0 Å². The summed E-state index contributed by atoms with van der Waals surface area (Å²) in [5, 5.41) is 11.4. The Kier molecular flexibility index (Phi) is 8.03. The third-order valence-electron chi connectivity index (χ3n) is 8.90. The van der Waals surface area contributed by atoms with Gasteiger partial charge in [-0.2, -0.15) is 31.6 Å². The summed E-state index contributed by atoms with van der Waals surface area (Å²) in [6.45, 7) is 0. The highest BCUT2D eigenvalue weighted by molar-refractivity contribution is 6.09. The van der Waals surface area contributed by atoms with Crippen molar-refractivity contribution in [3.8, 4) is 57.0 Å². The summed E-state index contributed by atoms with van der Waals surface area (Å²) in [5.41, 5.74) is 0.338. The molecule has 6 aromatic carbocycles. The first-order valence-electron chi connectivity index (χ1n) is 16.2. The van der Waals surface area contributed by atoms with Crippen LogP contribution in [0.1, 0.15) is 16.7 Å². The zero-order chi connectivity index (χ0) is 36.9. The minimum atomic E-state index is -5.08. The molecule has 2 aromatic heterocycles. The monoisotopic (exact) mass is 711 g/mol. The quantitative estimate of drug-likeness (QED) is 0.167. The van der Waals surface area contributed by atoms with Gasteiger partial charge in [-0.3, -0.25) is 0 Å². The van der Waals surface area contributed by atoms with Crippen molar-refractivity contribution in [1.82, 2.24) is 19.5 Å². The summed E-state index contributed by atoms with van der Waals surface area (Å²) in [7, 11) is 0. The van der Waals surface area contributed by atoms with Crippen LogP contribution in [0.4, 0.5) is 26.3 Å². The second-order valence-electron chi connectivity index (χ2n) is 12.3. The molecule has 0 unspecified atom stereocenters. The third-order valence-corrected chi connectivity index (χ3v) is 8.90. The molecular weight excluding hydrogens is 688 g/mol. The molecule has 0 atom stereocenters. The Labute approximate surface area is 298 Å². The second kappa shape index (κ2) is 12.8. The van der Waals surface area contributed by atoms with Gasteiger partial charge in [0.2, 0.25) is 0 Å². The largest absolute Gasteiger partial charge is 0.416 e. The molecule has 0 aliphatic rings. The maximum Gasteiger partial charge on any atom is 0.416 e. The highest BCUT2D eigenvalue weighted by Crippen LogP contribution is 2.42. The number of benzene rings is 6. The molecule has 53 heavy (non-hydrogen) atoms. The highest BCUT2D eigenvalue weighted by atomic mass is 19.4. The van der Waals surface area contributed by atoms with Crippen LogP contribution in [0.25, 0.3) is 72.8 Å². The van der Waals surface area contributed by atoms with E-state index in [-0.39, 0.29) is 40.2 Å². The van der Waals surface area contributed by atoms with Crippen LogP contribution in [-0.4, -0.2) is 19.5 Å². The van der Waals surface area contributed by atoms with Crippen LogP contribution in [0, 0.1) is 11.3 Å². The van der Waals surface area contributed by atoms with Gasteiger partial charge in [-0.1, -0.05) is 84.9 Å². The molecule has 0 saturated heterocycles. The van der Waals surface area contributed by atoms with Crippen LogP contribution in [0.5, 0.6) is 0 Å². The van der Waals surface area contributed by atoms with Crippen molar-refractivity contribution >= 4 is 21.8 Å². The number of rotatable bonds is 5. The standard InChI is InChI=1S/C42H23F6N5/c43-41(44,45)29-20-28(21-30(22-29)42(46,47)48)35-23-31(53-36-14-8-7-13-32(36)33-17-15-25(24-49)19-37(33)53)16-18-34(35)40-51-38(26-9-3-1-4-10-26)50-39(52-40)27-11-5-2-6-12-27/h1-23H. The average Bonchev–Trinajstić information content (AvgIpc) is 3.51. The minimum Gasteiger partial charge on any atom is -0.309 e. The smallest absolute Gasteiger partial charge is 0.309 e. The zero-order valence-electron chi connectivity index (χ0n) is 27.3. The van der Waals surface area contributed by atoms with Crippen molar-refractivity contribution in [3.63, 3.8) is 0 Å². The summed E-state index contributed by atoms with van der Waals surface area (Å²) >= 11 is 0. The van der Waals surface area contributed by atoms with E-state index < -0.39 is 23.5 Å². The number of alkyl halides is 6. The molecule has 8 rings (SSSR count). The molecule has 8 aromatic rings. The molecule has 258 valence electrons. The van der Waals surface area contributed by atoms with Gasteiger partial charge in [0.25, 0.3) is 0 Å². The van der Waals surface area contributed by atoms with Gasteiger partial charge in [0, 0.05) is 33.2 Å². The summed E-state index contributed by atoms with van der Waals surface area (Å²) < 4.78 is 87.3. The predicted octanol–water partition coefficient (Wildman–Crippen LogP) is 11.5. The van der Waals surface area contributed by atoms with Gasteiger partial charge in [-0.15, -0.1) is 0 Å². The number of nitriles is 1. The van der Waals surface area contributed by atoms with Crippen molar-refractivity contribution in [2.45, 2.75) is 12.4 Å². The number of aromatic nitrogens is 4. The lowest BCUT2D eigenvalue weighted by molar-refractivity contribution is -0.143. The normalized spacial score (nSPS) is 11.9. The fraction of sp³-hybridized carbons (Fsp3) is 0.0476. The number of hydrogen-bond donors (Lipinski definition) is 0. The van der Waals surface area contributed by atoms with Gasteiger partial charge in [-0.05, 0) is 65.7 Å². The Hall–Kier alpha value is -6.80. The molecule has 0 spiro atoms. The van der Waals surface area contributed by atoms with Crippen molar-refractivity contribution in [3.05, 3.63) is 156 Å². The minimum absolute atomic E-state index is 0.0192. The Morgan fingerprint density at radius 2 is 1.02 bits per heavy atom. The van der Waals surface area contributed by atoms with Gasteiger partial charge in [0.15, 0.2) is 17.5 Å². The maximum absolute atomic E-state index is 14.2. The Morgan fingerprint density at radius 3 is 1.60 bits per heavy atom. The van der Waals surface area contributed by atoms with Crippen molar-refractivity contribution in [2.75, 3.05) is 0 Å². The topological polar surface area (TPSA) is 67.4 Å². The van der Waals surface area contributed by atoms with Gasteiger partial charge in [0.05, 0.1) is 33.8 Å². The van der Waals surface area contributed by atoms with Crippen LogP contribution >= 0.6 is 0 Å². The first kappa shape index (κ1) is 33.3. The molecule has 0 N–H and O–H groups in total. The Morgan fingerprint density at radius 1 is 0.472 bits per heavy atom. The fourth-order valence-electron chi connectivity index (χ4n) is 6.46. The van der Waals surface area contributed by atoms with Gasteiger partial charge in [0.1, 0.15) is 0 Å². The molecule has 11 heteroatoms. The number of hydrogen-bond acceptors (Lipinski definition) is 4. The molecule has 0 amide bonds. The lowest BCUT2D eigenvalue weighted by atomic mass is 9.94. The maximum atomic E-state index is 14.2. The van der Waals surface area contributed by atoms with Crippen molar-refractivity contribution < 1.29 is 26.3 Å². The second-order valence-corrected chi connectivity index (χ2v) is 12.3. The molecule has 0 aliphatic heterocycles. The zero-order valence-corrected chi connectivity index (χ0v) is 27.3. The van der Waals surface area contributed by atoms with E-state index in [1.807, 2.05) is 47.0 Å². The number of nitrogens with zero attached hydrogens (tertiary/aromatic N) is 5. The lowest BCUT2D eigenvalue weighted by Gasteiger charge is -2.18.